The van der Waals surface area contributed by atoms with Crippen LogP contribution in [0.1, 0.15) is 0 Å². The lowest BCUT2D eigenvalue weighted by molar-refractivity contribution is 0.670. The van der Waals surface area contributed by atoms with E-state index in [1.165, 1.54) is 0 Å². The highest BCUT2D eigenvalue weighted by molar-refractivity contribution is 6.11. The third-order valence-electron chi connectivity index (χ3n) is 10.9. The maximum atomic E-state index is 6.54. The van der Waals surface area contributed by atoms with Crippen molar-refractivity contribution >= 4 is 60.9 Å². The number of pyridine rings is 1. The van der Waals surface area contributed by atoms with Crippen LogP contribution >= 0.6 is 0 Å². The highest BCUT2D eigenvalue weighted by atomic mass is 16.3. The molecule has 0 fully saturated rings. The van der Waals surface area contributed by atoms with Crippen molar-refractivity contribution in [1.82, 2.24) is 4.98 Å². The van der Waals surface area contributed by atoms with Gasteiger partial charge in [-0.05, 0) is 89.5 Å². The summed E-state index contributed by atoms with van der Waals surface area (Å²) < 4.78 is 13.1. The summed E-state index contributed by atoms with van der Waals surface area (Å²) in [5, 5.41) is 4.41. The molecule has 11 rings (SSSR count). The van der Waals surface area contributed by atoms with Gasteiger partial charge in [-0.15, -0.1) is 0 Å². The van der Waals surface area contributed by atoms with E-state index >= 15 is 0 Å². The molecule has 0 bridgehead atoms. The molecule has 0 spiro atoms. The molecule has 0 aliphatic heterocycles. The van der Waals surface area contributed by atoms with Gasteiger partial charge in [0, 0.05) is 67.1 Å². The molecule has 57 heavy (non-hydrogen) atoms. The van der Waals surface area contributed by atoms with Crippen LogP contribution in [-0.2, 0) is 0 Å². The van der Waals surface area contributed by atoms with Crippen molar-refractivity contribution in [2.24, 2.45) is 0 Å². The minimum Gasteiger partial charge on any atom is -0.455 e. The van der Waals surface area contributed by atoms with Gasteiger partial charge in [0.15, 0.2) is 0 Å². The average molecular weight is 731 g/mol. The Bertz CT molecular complexity index is 3050. The lowest BCUT2D eigenvalue weighted by Crippen LogP contribution is -2.09. The van der Waals surface area contributed by atoms with Crippen LogP contribution < -0.4 is 4.90 Å². The smallest absolute Gasteiger partial charge is 0.143 e. The van der Waals surface area contributed by atoms with Crippen LogP contribution in [0.15, 0.2) is 215 Å². The average Bonchev–Trinajstić information content (AvgIpc) is 3.86. The lowest BCUT2D eigenvalue weighted by Gasteiger charge is -2.25. The van der Waals surface area contributed by atoms with Gasteiger partial charge in [0.25, 0.3) is 0 Å². The topological polar surface area (TPSA) is 42.4 Å². The van der Waals surface area contributed by atoms with E-state index in [2.05, 4.69) is 169 Å². The number of hydrogen-bond donors (Lipinski definition) is 0. The highest BCUT2D eigenvalue weighted by Crippen LogP contribution is 2.42. The van der Waals surface area contributed by atoms with Crippen molar-refractivity contribution < 1.29 is 8.83 Å². The molecule has 3 heterocycles. The van der Waals surface area contributed by atoms with Crippen molar-refractivity contribution in [2.45, 2.75) is 0 Å². The summed E-state index contributed by atoms with van der Waals surface area (Å²) >= 11 is 0. The van der Waals surface area contributed by atoms with Crippen LogP contribution in [0.4, 0.5) is 17.1 Å². The number of furan rings is 2. The van der Waals surface area contributed by atoms with Crippen molar-refractivity contribution in [3.8, 4) is 44.6 Å². The van der Waals surface area contributed by atoms with Crippen molar-refractivity contribution in [3.63, 3.8) is 0 Å². The molecule has 0 saturated heterocycles. The maximum Gasteiger partial charge on any atom is 0.143 e. The van der Waals surface area contributed by atoms with Crippen LogP contribution in [0.5, 0.6) is 0 Å². The van der Waals surface area contributed by atoms with E-state index in [1.807, 2.05) is 42.6 Å². The Morgan fingerprint density at radius 3 is 1.32 bits per heavy atom. The highest BCUT2D eigenvalue weighted by Gasteiger charge is 2.18. The molecule has 0 saturated carbocycles. The summed E-state index contributed by atoms with van der Waals surface area (Å²) in [6.07, 6.45) is 1.97. The maximum absolute atomic E-state index is 6.54. The summed E-state index contributed by atoms with van der Waals surface area (Å²) in [6, 6.07) is 69.9. The van der Waals surface area contributed by atoms with E-state index in [1.54, 1.807) is 0 Å². The first kappa shape index (κ1) is 32.7. The van der Waals surface area contributed by atoms with E-state index in [4.69, 9.17) is 13.8 Å². The lowest BCUT2D eigenvalue weighted by atomic mass is 9.93. The van der Waals surface area contributed by atoms with Gasteiger partial charge in [0.05, 0.1) is 5.69 Å². The van der Waals surface area contributed by atoms with Crippen molar-refractivity contribution in [2.75, 3.05) is 4.90 Å². The fraction of sp³-hybridized carbons (Fsp3) is 0. The number of rotatable bonds is 7. The van der Waals surface area contributed by atoms with Gasteiger partial charge in [0.2, 0.25) is 0 Å². The number of anilines is 3. The molecule has 0 aliphatic carbocycles. The Kier molecular flexibility index (Phi) is 7.78. The Morgan fingerprint density at radius 2 is 0.789 bits per heavy atom. The molecule has 0 radical (unpaired) electrons. The Hall–Kier alpha value is -7.69. The molecule has 0 atom stereocenters. The molecular formula is C53H34N2O2. The van der Waals surface area contributed by atoms with Crippen LogP contribution in [0.3, 0.4) is 0 Å². The fourth-order valence-electron chi connectivity index (χ4n) is 8.18. The quantitative estimate of drug-likeness (QED) is 0.164. The molecule has 268 valence electrons. The molecule has 4 heteroatoms. The second-order valence-electron chi connectivity index (χ2n) is 14.3. The number of fused-ring (bicyclic) bond motifs is 6. The minimum absolute atomic E-state index is 0.869. The summed E-state index contributed by atoms with van der Waals surface area (Å²) in [6.45, 7) is 0. The second-order valence-corrected chi connectivity index (χ2v) is 14.3. The van der Waals surface area contributed by atoms with Crippen molar-refractivity contribution in [3.05, 3.63) is 206 Å². The Labute approximate surface area is 329 Å². The molecule has 0 N–H and O–H groups in total. The van der Waals surface area contributed by atoms with E-state index in [9.17, 15) is 0 Å². The van der Waals surface area contributed by atoms with Crippen LogP contribution in [-0.4, -0.2) is 4.98 Å². The zero-order valence-corrected chi connectivity index (χ0v) is 30.8. The molecule has 0 unspecified atom stereocenters. The third kappa shape index (κ3) is 5.74. The van der Waals surface area contributed by atoms with E-state index in [-0.39, 0.29) is 0 Å². The van der Waals surface area contributed by atoms with E-state index in [0.29, 0.717) is 0 Å². The van der Waals surface area contributed by atoms with Crippen molar-refractivity contribution in [1.29, 1.82) is 0 Å². The second kappa shape index (κ2) is 13.6. The predicted molar refractivity (Wildman–Crippen MR) is 235 cm³/mol. The monoisotopic (exact) mass is 730 g/mol. The first-order valence-electron chi connectivity index (χ1n) is 19.2. The van der Waals surface area contributed by atoms with Crippen LogP contribution in [0.25, 0.3) is 88.5 Å². The summed E-state index contributed by atoms with van der Waals surface area (Å²) in [5.74, 6) is 0. The number of benzene rings is 8. The predicted octanol–water partition coefficient (Wildman–Crippen LogP) is 15.0. The SMILES string of the molecule is c1ccc(N(c2ccccc2)c2ccc(-c3ccc(-c4cc(-c5cccc6c5oc5ccccc56)cc(-c5cccc6c5oc5ccccc56)c4)nc3)cc2)cc1. The third-order valence-corrected chi connectivity index (χ3v) is 10.9. The van der Waals surface area contributed by atoms with Gasteiger partial charge in [0.1, 0.15) is 22.3 Å². The number of aromatic nitrogens is 1. The van der Waals surface area contributed by atoms with Crippen LogP contribution in [0, 0.1) is 0 Å². The normalized spacial score (nSPS) is 11.5. The molecular weight excluding hydrogens is 697 g/mol. The fourth-order valence-corrected chi connectivity index (χ4v) is 8.18. The van der Waals surface area contributed by atoms with Gasteiger partial charge >= 0.3 is 0 Å². The molecule has 3 aromatic heterocycles. The van der Waals surface area contributed by atoms with Crippen LogP contribution in [0.2, 0.25) is 0 Å². The Balaban J connectivity index is 1.01. The Morgan fingerprint density at radius 1 is 0.333 bits per heavy atom. The summed E-state index contributed by atoms with van der Waals surface area (Å²) in [4.78, 5) is 7.36. The van der Waals surface area contributed by atoms with E-state index < -0.39 is 0 Å². The number of para-hydroxylation sites is 6. The van der Waals surface area contributed by atoms with E-state index in [0.717, 1.165) is 106 Å². The molecule has 11 aromatic rings. The molecule has 0 amide bonds. The summed E-state index contributed by atoms with van der Waals surface area (Å²) in [7, 11) is 0. The van der Waals surface area contributed by atoms with Gasteiger partial charge in [-0.3, -0.25) is 4.98 Å². The van der Waals surface area contributed by atoms with Gasteiger partial charge in [-0.25, -0.2) is 0 Å². The molecule has 8 aromatic carbocycles. The minimum atomic E-state index is 0.869. The van der Waals surface area contributed by atoms with Gasteiger partial charge in [-0.2, -0.15) is 0 Å². The largest absolute Gasteiger partial charge is 0.455 e. The van der Waals surface area contributed by atoms with Gasteiger partial charge in [-0.1, -0.05) is 127 Å². The number of hydrogen-bond acceptors (Lipinski definition) is 4. The first-order valence-corrected chi connectivity index (χ1v) is 19.2. The van der Waals surface area contributed by atoms with Gasteiger partial charge < -0.3 is 13.7 Å². The molecule has 0 aliphatic rings. The molecule has 4 nitrogen and oxygen atoms in total. The zero-order valence-electron chi connectivity index (χ0n) is 30.8. The first-order chi connectivity index (χ1) is 28.2. The standard InChI is InChI=1S/C53H34N2O2/c1-3-13-40(14-4-1)55(41-15-5-2-6-16-41)42-28-25-35(26-29-42)36-27-30-49(54-34-36)39-32-37(43-19-11-21-47-45-17-7-9-23-50(45)56-52(43)47)31-38(33-39)44-20-12-22-48-46-18-8-10-24-51(46)57-53(44)48/h1-34H. The zero-order chi connectivity index (χ0) is 37.7. The summed E-state index contributed by atoms with van der Waals surface area (Å²) in [5.41, 5.74) is 15.0. The number of nitrogens with zero attached hydrogens (tertiary/aromatic N) is 2.